The lowest BCUT2D eigenvalue weighted by Gasteiger charge is -1.94. The fourth-order valence-electron chi connectivity index (χ4n) is 1.44. The van der Waals surface area contributed by atoms with Gasteiger partial charge in [0.25, 0.3) is 0 Å². The fraction of sp³-hybridized carbons (Fsp3) is 0.0909. The summed E-state index contributed by atoms with van der Waals surface area (Å²) in [6, 6.07) is 5.31. The molecule has 2 heterocycles. The molecular weight excluding hydrogens is 206 g/mol. The molecule has 5 nitrogen and oxygen atoms in total. The minimum Gasteiger partial charge on any atom is -0.465 e. The van der Waals surface area contributed by atoms with Gasteiger partial charge >= 0.3 is 5.97 Å². The van der Waals surface area contributed by atoms with E-state index in [1.165, 1.54) is 7.11 Å². The van der Waals surface area contributed by atoms with E-state index in [2.05, 4.69) is 14.7 Å². The number of esters is 1. The summed E-state index contributed by atoms with van der Waals surface area (Å²) in [4.78, 5) is 18.2. The third-order valence-electron chi connectivity index (χ3n) is 2.24. The van der Waals surface area contributed by atoms with E-state index in [9.17, 15) is 4.79 Å². The minimum atomic E-state index is -0.450. The second kappa shape index (κ2) is 4.06. The number of nitrogens with one attached hydrogen (secondary N) is 1. The van der Waals surface area contributed by atoms with E-state index in [-0.39, 0.29) is 0 Å². The summed E-state index contributed by atoms with van der Waals surface area (Å²) in [6.07, 6.45) is 3.34. The summed E-state index contributed by atoms with van der Waals surface area (Å²) >= 11 is 0. The molecule has 0 aromatic carbocycles. The number of carbonyl (C=O) groups excluding carboxylic acids is 1. The number of methoxy groups -OCH3 is 1. The van der Waals surface area contributed by atoms with Crippen LogP contribution in [0.4, 0.5) is 5.82 Å². The van der Waals surface area contributed by atoms with E-state index in [4.69, 9.17) is 5.73 Å². The first-order chi connectivity index (χ1) is 7.72. The largest absolute Gasteiger partial charge is 0.465 e. The highest BCUT2D eigenvalue weighted by molar-refractivity contribution is 5.96. The molecule has 0 atom stereocenters. The van der Waals surface area contributed by atoms with Gasteiger partial charge in [-0.15, -0.1) is 0 Å². The van der Waals surface area contributed by atoms with E-state index >= 15 is 0 Å². The Kier molecular flexibility index (Phi) is 2.59. The van der Waals surface area contributed by atoms with Gasteiger partial charge in [-0.3, -0.25) is 4.98 Å². The van der Waals surface area contributed by atoms with Crippen molar-refractivity contribution < 1.29 is 9.53 Å². The van der Waals surface area contributed by atoms with Crippen LogP contribution >= 0.6 is 0 Å². The number of aromatic nitrogens is 2. The number of nitrogens with two attached hydrogens (primary N) is 1. The second-order valence-electron chi connectivity index (χ2n) is 3.24. The van der Waals surface area contributed by atoms with Crippen LogP contribution < -0.4 is 5.73 Å². The van der Waals surface area contributed by atoms with Crippen molar-refractivity contribution in [3.63, 3.8) is 0 Å². The Bertz CT molecular complexity index is 505. The standard InChI is InChI=1S/C11H11N3O2/c1-16-11(15)8-6-9(14-10(8)12)7-2-4-13-5-3-7/h2-6,14H,12H2,1H3. The lowest BCUT2D eigenvalue weighted by atomic mass is 10.2. The molecule has 2 aromatic rings. The number of carbonyl (C=O) groups is 1. The number of H-pyrrole nitrogens is 1. The molecule has 5 heteroatoms. The third-order valence-corrected chi connectivity index (χ3v) is 2.24. The molecule has 0 aliphatic carbocycles. The predicted octanol–water partition coefficient (Wildman–Crippen LogP) is 1.45. The number of aromatic amines is 1. The van der Waals surface area contributed by atoms with E-state index in [1.807, 2.05) is 12.1 Å². The highest BCUT2D eigenvalue weighted by Crippen LogP contribution is 2.23. The number of rotatable bonds is 2. The highest BCUT2D eigenvalue weighted by atomic mass is 16.5. The molecule has 0 unspecified atom stereocenters. The maximum Gasteiger partial charge on any atom is 0.341 e. The Balaban J connectivity index is 2.42. The van der Waals surface area contributed by atoms with E-state index < -0.39 is 5.97 Å². The normalized spacial score (nSPS) is 10.1. The summed E-state index contributed by atoms with van der Waals surface area (Å²) in [5.41, 5.74) is 7.70. The van der Waals surface area contributed by atoms with Crippen molar-refractivity contribution in [3.8, 4) is 11.3 Å². The molecule has 16 heavy (non-hydrogen) atoms. The van der Waals surface area contributed by atoms with E-state index in [0.717, 1.165) is 11.3 Å². The molecule has 0 amide bonds. The summed E-state index contributed by atoms with van der Waals surface area (Å²) in [5, 5.41) is 0. The molecule has 0 saturated heterocycles. The zero-order valence-electron chi connectivity index (χ0n) is 8.73. The van der Waals surface area contributed by atoms with Gasteiger partial charge in [0.1, 0.15) is 11.4 Å². The summed E-state index contributed by atoms with van der Waals surface area (Å²) in [5.74, 6) is -0.146. The Labute approximate surface area is 92.3 Å². The Hall–Kier alpha value is -2.30. The Morgan fingerprint density at radius 3 is 2.75 bits per heavy atom. The Morgan fingerprint density at radius 1 is 1.44 bits per heavy atom. The van der Waals surface area contributed by atoms with Crippen molar-refractivity contribution >= 4 is 11.8 Å². The predicted molar refractivity (Wildman–Crippen MR) is 59.8 cm³/mol. The van der Waals surface area contributed by atoms with Crippen LogP contribution in [0.3, 0.4) is 0 Å². The van der Waals surface area contributed by atoms with Gasteiger partial charge in [-0.2, -0.15) is 0 Å². The second-order valence-corrected chi connectivity index (χ2v) is 3.24. The lowest BCUT2D eigenvalue weighted by molar-refractivity contribution is 0.0602. The monoisotopic (exact) mass is 217 g/mol. The molecule has 0 aliphatic heterocycles. The number of anilines is 1. The minimum absolute atomic E-state index is 0.304. The Morgan fingerprint density at radius 2 is 2.12 bits per heavy atom. The zero-order chi connectivity index (χ0) is 11.5. The van der Waals surface area contributed by atoms with Gasteiger partial charge in [0, 0.05) is 23.7 Å². The van der Waals surface area contributed by atoms with Crippen molar-refractivity contribution in [2.75, 3.05) is 12.8 Å². The number of nitrogen functional groups attached to an aromatic ring is 1. The van der Waals surface area contributed by atoms with Gasteiger partial charge in [0.05, 0.1) is 7.11 Å². The number of hydrogen-bond acceptors (Lipinski definition) is 4. The number of hydrogen-bond donors (Lipinski definition) is 2. The van der Waals surface area contributed by atoms with Gasteiger partial charge < -0.3 is 15.5 Å². The van der Waals surface area contributed by atoms with E-state index in [0.29, 0.717) is 11.4 Å². The third kappa shape index (κ3) is 1.75. The SMILES string of the molecule is COC(=O)c1cc(-c2ccncc2)[nH]c1N. The van der Waals surface area contributed by atoms with Crippen molar-refractivity contribution in [2.24, 2.45) is 0 Å². The molecule has 2 rings (SSSR count). The van der Waals surface area contributed by atoms with Crippen LogP contribution in [-0.4, -0.2) is 23.0 Å². The smallest absolute Gasteiger partial charge is 0.341 e. The van der Waals surface area contributed by atoms with Crippen LogP contribution in [0, 0.1) is 0 Å². The van der Waals surface area contributed by atoms with Crippen molar-refractivity contribution in [1.29, 1.82) is 0 Å². The molecule has 0 aliphatic rings. The van der Waals surface area contributed by atoms with Crippen molar-refractivity contribution in [2.45, 2.75) is 0 Å². The van der Waals surface area contributed by atoms with Crippen LogP contribution in [0.15, 0.2) is 30.6 Å². The topological polar surface area (TPSA) is 81.0 Å². The summed E-state index contributed by atoms with van der Waals surface area (Å²) in [7, 11) is 1.32. The molecule has 0 spiro atoms. The van der Waals surface area contributed by atoms with Crippen LogP contribution in [0.5, 0.6) is 0 Å². The zero-order valence-corrected chi connectivity index (χ0v) is 8.73. The number of pyridine rings is 1. The molecule has 0 fully saturated rings. The summed E-state index contributed by atoms with van der Waals surface area (Å²) in [6.45, 7) is 0. The number of nitrogens with zero attached hydrogens (tertiary/aromatic N) is 1. The molecule has 2 aromatic heterocycles. The van der Waals surface area contributed by atoms with E-state index in [1.54, 1.807) is 18.5 Å². The highest BCUT2D eigenvalue weighted by Gasteiger charge is 2.14. The molecule has 82 valence electrons. The summed E-state index contributed by atoms with van der Waals surface area (Å²) < 4.78 is 4.62. The lowest BCUT2D eigenvalue weighted by Crippen LogP contribution is -2.02. The maximum absolute atomic E-state index is 11.3. The maximum atomic E-state index is 11.3. The molecule has 0 bridgehead atoms. The molecule has 0 radical (unpaired) electrons. The van der Waals surface area contributed by atoms with Crippen LogP contribution in [0.25, 0.3) is 11.3 Å². The molecule has 0 saturated carbocycles. The number of ether oxygens (including phenoxy) is 1. The first kappa shape index (κ1) is 10.2. The van der Waals surface area contributed by atoms with Crippen LogP contribution in [0.1, 0.15) is 10.4 Å². The van der Waals surface area contributed by atoms with Crippen LogP contribution in [-0.2, 0) is 4.74 Å². The van der Waals surface area contributed by atoms with Crippen LogP contribution in [0.2, 0.25) is 0 Å². The van der Waals surface area contributed by atoms with Gasteiger partial charge in [-0.05, 0) is 18.2 Å². The van der Waals surface area contributed by atoms with Gasteiger partial charge in [0.15, 0.2) is 0 Å². The fourth-order valence-corrected chi connectivity index (χ4v) is 1.44. The van der Waals surface area contributed by atoms with Crippen molar-refractivity contribution in [3.05, 3.63) is 36.2 Å². The van der Waals surface area contributed by atoms with Gasteiger partial charge in [0.2, 0.25) is 0 Å². The van der Waals surface area contributed by atoms with Crippen molar-refractivity contribution in [1.82, 2.24) is 9.97 Å². The quantitative estimate of drug-likeness (QED) is 0.746. The first-order valence-electron chi connectivity index (χ1n) is 4.69. The van der Waals surface area contributed by atoms with Gasteiger partial charge in [-0.1, -0.05) is 0 Å². The molecular formula is C11H11N3O2. The van der Waals surface area contributed by atoms with Gasteiger partial charge in [-0.25, -0.2) is 4.79 Å². The first-order valence-corrected chi connectivity index (χ1v) is 4.69. The average molecular weight is 217 g/mol. The average Bonchev–Trinajstić information content (AvgIpc) is 2.71. The molecule has 3 N–H and O–H groups in total.